The molecule has 69 valence electrons. The first kappa shape index (κ1) is 8.43. The van der Waals surface area contributed by atoms with Crippen molar-refractivity contribution in [3.63, 3.8) is 0 Å². The van der Waals surface area contributed by atoms with Gasteiger partial charge in [-0.3, -0.25) is 15.2 Å². The van der Waals surface area contributed by atoms with E-state index < -0.39 is 4.92 Å². The summed E-state index contributed by atoms with van der Waals surface area (Å²) in [5.74, 6) is 0. The normalized spacial score (nSPS) is 10.0. The molecule has 14 heavy (non-hydrogen) atoms. The molecule has 0 unspecified atom stereocenters. The van der Waals surface area contributed by atoms with E-state index in [-0.39, 0.29) is 5.69 Å². The predicted molar refractivity (Wildman–Crippen MR) is 49.5 cm³/mol. The maximum atomic E-state index is 10.7. The first-order valence-corrected chi connectivity index (χ1v) is 3.94. The second-order valence-corrected chi connectivity index (χ2v) is 2.67. The van der Waals surface area contributed by atoms with Crippen LogP contribution in [0.15, 0.2) is 30.3 Å². The average molecular weight is 188 g/mol. The van der Waals surface area contributed by atoms with E-state index in [0.29, 0.717) is 11.3 Å². The Bertz CT molecular complexity index is 451. The van der Waals surface area contributed by atoms with Crippen molar-refractivity contribution < 1.29 is 4.92 Å². The van der Waals surface area contributed by atoms with Crippen molar-refractivity contribution in [1.82, 2.24) is 10.2 Å². The number of aromatic nitrogens is 2. The molecular weight excluding hydrogens is 182 g/mol. The smallest absolute Gasteiger partial charge is 0.276 e. The molecule has 5 heteroatoms. The molecule has 2 aromatic rings. The van der Waals surface area contributed by atoms with Crippen LogP contribution in [0.1, 0.15) is 0 Å². The first-order chi connectivity index (χ1) is 6.79. The lowest BCUT2D eigenvalue weighted by Crippen LogP contribution is -1.91. The fourth-order valence-electron chi connectivity index (χ4n) is 1.21. The van der Waals surface area contributed by atoms with E-state index in [4.69, 9.17) is 0 Å². The van der Waals surface area contributed by atoms with Crippen LogP contribution >= 0.6 is 0 Å². The van der Waals surface area contributed by atoms with Crippen molar-refractivity contribution in [3.8, 4) is 11.3 Å². The molecule has 1 radical (unpaired) electrons. The van der Waals surface area contributed by atoms with Crippen molar-refractivity contribution in [3.05, 3.63) is 46.6 Å². The zero-order valence-corrected chi connectivity index (χ0v) is 7.10. The molecule has 0 aliphatic rings. The summed E-state index contributed by atoms with van der Waals surface area (Å²) < 4.78 is 0. The summed E-state index contributed by atoms with van der Waals surface area (Å²) in [6, 6.07) is 8.03. The van der Waals surface area contributed by atoms with E-state index >= 15 is 0 Å². The highest BCUT2D eigenvalue weighted by Gasteiger charge is 2.14. The van der Waals surface area contributed by atoms with E-state index in [1.807, 2.05) is 0 Å². The Labute approximate surface area is 79.5 Å². The monoisotopic (exact) mass is 188 g/mol. The maximum absolute atomic E-state index is 10.7. The van der Waals surface area contributed by atoms with Crippen molar-refractivity contribution in [2.45, 2.75) is 0 Å². The van der Waals surface area contributed by atoms with Gasteiger partial charge in [-0.2, -0.15) is 5.10 Å². The molecular formula is C9H6N3O2. The van der Waals surface area contributed by atoms with E-state index in [1.54, 1.807) is 24.3 Å². The quantitative estimate of drug-likeness (QED) is 0.576. The molecule has 1 heterocycles. The Morgan fingerprint density at radius 3 is 2.86 bits per heavy atom. The zero-order valence-electron chi connectivity index (χ0n) is 7.10. The van der Waals surface area contributed by atoms with Gasteiger partial charge in [0.05, 0.1) is 22.4 Å². The molecule has 1 N–H and O–H groups in total. The third kappa shape index (κ3) is 1.35. The number of nitro groups is 1. The number of rotatable bonds is 2. The number of aromatic amines is 1. The summed E-state index contributed by atoms with van der Waals surface area (Å²) in [4.78, 5) is 10.2. The van der Waals surface area contributed by atoms with Gasteiger partial charge in [-0.05, 0) is 12.1 Å². The van der Waals surface area contributed by atoms with E-state index in [2.05, 4.69) is 16.4 Å². The number of nitrogens with one attached hydrogen (secondary N) is 1. The summed E-state index contributed by atoms with van der Waals surface area (Å²) in [6.45, 7) is 0. The zero-order chi connectivity index (χ0) is 9.97. The summed E-state index contributed by atoms with van der Waals surface area (Å²) in [5.41, 5.74) is 1.07. The number of H-pyrrole nitrogens is 1. The van der Waals surface area contributed by atoms with Crippen LogP contribution in [0.4, 0.5) is 5.69 Å². The highest BCUT2D eigenvalue weighted by atomic mass is 16.6. The van der Waals surface area contributed by atoms with Crippen molar-refractivity contribution in [1.29, 1.82) is 0 Å². The van der Waals surface area contributed by atoms with Crippen LogP contribution < -0.4 is 0 Å². The number of hydrogen-bond donors (Lipinski definition) is 1. The lowest BCUT2D eigenvalue weighted by molar-refractivity contribution is -0.384. The summed E-state index contributed by atoms with van der Waals surface area (Å²) in [7, 11) is 0. The average Bonchev–Trinajstić information content (AvgIpc) is 2.70. The molecule has 0 aliphatic carbocycles. The lowest BCUT2D eigenvalue weighted by atomic mass is 10.1. The highest BCUT2D eigenvalue weighted by molar-refractivity contribution is 5.69. The third-order valence-electron chi connectivity index (χ3n) is 1.83. The van der Waals surface area contributed by atoms with Crippen molar-refractivity contribution in [2.24, 2.45) is 0 Å². The summed E-state index contributed by atoms with van der Waals surface area (Å²) >= 11 is 0. The summed E-state index contributed by atoms with van der Waals surface area (Å²) in [5, 5.41) is 17.0. The highest BCUT2D eigenvalue weighted by Crippen LogP contribution is 2.26. The molecule has 0 fully saturated rings. The molecule has 5 nitrogen and oxygen atoms in total. The molecule has 2 rings (SSSR count). The van der Waals surface area contributed by atoms with Crippen molar-refractivity contribution >= 4 is 5.69 Å². The molecule has 0 aliphatic heterocycles. The fraction of sp³-hybridized carbons (Fsp3) is 0. The number of hydrogen-bond acceptors (Lipinski definition) is 3. The van der Waals surface area contributed by atoms with Gasteiger partial charge in [0.25, 0.3) is 5.69 Å². The molecule has 0 spiro atoms. The maximum Gasteiger partial charge on any atom is 0.278 e. The predicted octanol–water partition coefficient (Wildman–Crippen LogP) is 1.79. The standard InChI is InChI=1S/C9H6N3O2/c13-12(14)9-4-2-1-3-7(9)8-5-6-10-11-8/h1-5H,(H,10,11). The van der Waals surface area contributed by atoms with Gasteiger partial charge in [-0.15, -0.1) is 0 Å². The third-order valence-corrected chi connectivity index (χ3v) is 1.83. The van der Waals surface area contributed by atoms with Gasteiger partial charge in [0, 0.05) is 6.07 Å². The van der Waals surface area contributed by atoms with Gasteiger partial charge in [0.2, 0.25) is 0 Å². The minimum Gasteiger partial charge on any atom is -0.276 e. The molecule has 1 aromatic carbocycles. The van der Waals surface area contributed by atoms with Crippen LogP contribution in [0.3, 0.4) is 0 Å². The van der Waals surface area contributed by atoms with Crippen LogP contribution in [-0.2, 0) is 0 Å². The van der Waals surface area contributed by atoms with E-state index in [9.17, 15) is 10.1 Å². The van der Waals surface area contributed by atoms with Crippen LogP contribution in [0.5, 0.6) is 0 Å². The first-order valence-electron chi connectivity index (χ1n) is 3.94. The van der Waals surface area contributed by atoms with Gasteiger partial charge in [-0.1, -0.05) is 12.1 Å². The molecule has 0 bridgehead atoms. The molecule has 0 atom stereocenters. The summed E-state index contributed by atoms with van der Waals surface area (Å²) in [6.07, 6.45) is 2.64. The Morgan fingerprint density at radius 2 is 2.21 bits per heavy atom. The van der Waals surface area contributed by atoms with Gasteiger partial charge in [-0.25, -0.2) is 0 Å². The second-order valence-electron chi connectivity index (χ2n) is 2.67. The Hall–Kier alpha value is -2.17. The molecule has 0 saturated carbocycles. The largest absolute Gasteiger partial charge is 0.278 e. The Balaban J connectivity index is 2.58. The van der Waals surface area contributed by atoms with E-state index in [0.717, 1.165) is 0 Å². The number of benzene rings is 1. The Morgan fingerprint density at radius 1 is 1.43 bits per heavy atom. The second kappa shape index (κ2) is 3.29. The van der Waals surface area contributed by atoms with Crippen LogP contribution in [0, 0.1) is 16.3 Å². The van der Waals surface area contributed by atoms with Gasteiger partial charge < -0.3 is 0 Å². The van der Waals surface area contributed by atoms with Crippen LogP contribution in [-0.4, -0.2) is 15.1 Å². The van der Waals surface area contributed by atoms with Gasteiger partial charge >= 0.3 is 0 Å². The minimum absolute atomic E-state index is 0.0491. The SMILES string of the molecule is O=[N+]([O-])c1ccccc1-c1c[c][nH]n1. The van der Waals surface area contributed by atoms with E-state index in [1.165, 1.54) is 6.07 Å². The topological polar surface area (TPSA) is 71.8 Å². The number of para-hydroxylation sites is 1. The Kier molecular flexibility index (Phi) is 1.98. The molecule has 1 aromatic heterocycles. The fourth-order valence-corrected chi connectivity index (χ4v) is 1.21. The molecule has 0 saturated heterocycles. The van der Waals surface area contributed by atoms with Crippen LogP contribution in [0.2, 0.25) is 0 Å². The van der Waals surface area contributed by atoms with Gasteiger partial charge in [0.15, 0.2) is 0 Å². The van der Waals surface area contributed by atoms with Gasteiger partial charge in [0.1, 0.15) is 0 Å². The molecule has 0 amide bonds. The number of nitrogens with zero attached hydrogens (tertiary/aromatic N) is 2. The van der Waals surface area contributed by atoms with Crippen molar-refractivity contribution in [2.75, 3.05) is 0 Å². The van der Waals surface area contributed by atoms with Crippen LogP contribution in [0.25, 0.3) is 11.3 Å². The lowest BCUT2D eigenvalue weighted by Gasteiger charge is -1.97. The minimum atomic E-state index is -0.427. The number of nitro benzene ring substituents is 1.